The summed E-state index contributed by atoms with van der Waals surface area (Å²) in [6.07, 6.45) is 2.12. The van der Waals surface area contributed by atoms with E-state index in [1.54, 1.807) is 30.3 Å². The van der Waals surface area contributed by atoms with Gasteiger partial charge in [0.2, 0.25) is 0 Å². The molecule has 0 amide bonds. The molecule has 1 aromatic heterocycles. The highest BCUT2D eigenvalue weighted by atomic mass is 35.5. The molecule has 8 heteroatoms. The van der Waals surface area contributed by atoms with Crippen molar-refractivity contribution in [3.63, 3.8) is 0 Å². The number of carboxylic acids is 1. The number of aliphatic carboxylic acids is 1. The highest BCUT2D eigenvalue weighted by molar-refractivity contribution is 6.39. The van der Waals surface area contributed by atoms with Crippen molar-refractivity contribution in [2.24, 2.45) is 0 Å². The predicted molar refractivity (Wildman–Crippen MR) is 142 cm³/mol. The van der Waals surface area contributed by atoms with Crippen LogP contribution >= 0.6 is 23.2 Å². The van der Waals surface area contributed by atoms with Crippen LogP contribution in [0.2, 0.25) is 10.0 Å². The van der Waals surface area contributed by atoms with E-state index < -0.39 is 11.6 Å². The van der Waals surface area contributed by atoms with Crippen LogP contribution in [0.25, 0.3) is 22.4 Å². The first-order chi connectivity index (χ1) is 17.7. The summed E-state index contributed by atoms with van der Waals surface area (Å²) in [5, 5.41) is 14.6. The number of rotatable bonds is 9. The normalized spacial score (nSPS) is 13.4. The van der Waals surface area contributed by atoms with Gasteiger partial charge in [-0.3, -0.25) is 0 Å². The highest BCUT2D eigenvalue weighted by Crippen LogP contribution is 2.46. The zero-order valence-corrected chi connectivity index (χ0v) is 21.8. The number of carbonyl (C=O) groups is 1. The smallest absolute Gasteiger partial charge is 0.347 e. The van der Waals surface area contributed by atoms with Crippen molar-refractivity contribution in [1.82, 2.24) is 5.16 Å². The first kappa shape index (κ1) is 25.2. The predicted octanol–water partition coefficient (Wildman–Crippen LogP) is 8.01. The lowest BCUT2D eigenvalue weighted by atomic mass is 10.0. The van der Waals surface area contributed by atoms with Crippen LogP contribution in [0, 0.1) is 0 Å². The Morgan fingerprint density at radius 2 is 1.54 bits per heavy atom. The van der Waals surface area contributed by atoms with Crippen molar-refractivity contribution >= 4 is 29.2 Å². The highest BCUT2D eigenvalue weighted by Gasteiger charge is 2.33. The molecule has 0 spiro atoms. The minimum Gasteiger partial charge on any atom is -0.489 e. The van der Waals surface area contributed by atoms with E-state index in [2.05, 4.69) is 5.16 Å². The van der Waals surface area contributed by atoms with Crippen molar-refractivity contribution in [2.45, 2.75) is 44.8 Å². The van der Waals surface area contributed by atoms with Crippen molar-refractivity contribution in [1.29, 1.82) is 0 Å². The maximum absolute atomic E-state index is 11.3. The van der Waals surface area contributed by atoms with E-state index in [9.17, 15) is 9.90 Å². The van der Waals surface area contributed by atoms with E-state index in [4.69, 9.17) is 37.2 Å². The van der Waals surface area contributed by atoms with Crippen molar-refractivity contribution in [3.05, 3.63) is 88.1 Å². The second kappa shape index (κ2) is 10.1. The maximum atomic E-state index is 11.3. The molecule has 5 rings (SSSR count). The molecular weight excluding hydrogens is 513 g/mol. The lowest BCUT2D eigenvalue weighted by molar-refractivity contribution is -0.152. The summed E-state index contributed by atoms with van der Waals surface area (Å²) in [4.78, 5) is 11.3. The quantitative estimate of drug-likeness (QED) is 0.232. The van der Waals surface area contributed by atoms with E-state index in [0.717, 1.165) is 35.3 Å². The number of hydrogen-bond acceptors (Lipinski definition) is 5. The van der Waals surface area contributed by atoms with Gasteiger partial charge in [-0.05, 0) is 74.2 Å². The molecule has 0 radical (unpaired) electrons. The average molecular weight is 538 g/mol. The Labute approximate surface area is 224 Å². The number of carboxylic acid groups (broad SMARTS) is 1. The van der Waals surface area contributed by atoms with Gasteiger partial charge >= 0.3 is 5.97 Å². The molecule has 0 unspecified atom stereocenters. The zero-order valence-electron chi connectivity index (χ0n) is 20.3. The largest absolute Gasteiger partial charge is 0.489 e. The van der Waals surface area contributed by atoms with Gasteiger partial charge in [-0.2, -0.15) is 0 Å². The van der Waals surface area contributed by atoms with Gasteiger partial charge in [-0.1, -0.05) is 58.7 Å². The Morgan fingerprint density at radius 1 is 0.973 bits per heavy atom. The molecule has 0 atom stereocenters. The fraction of sp³-hybridized carbons (Fsp3) is 0.241. The molecule has 4 aromatic rings. The van der Waals surface area contributed by atoms with Crippen LogP contribution in [0.1, 0.15) is 43.9 Å². The van der Waals surface area contributed by atoms with E-state index in [1.165, 1.54) is 13.8 Å². The van der Waals surface area contributed by atoms with Gasteiger partial charge in [-0.25, -0.2) is 4.79 Å². The van der Waals surface area contributed by atoms with Crippen molar-refractivity contribution in [3.8, 4) is 33.9 Å². The summed E-state index contributed by atoms with van der Waals surface area (Å²) in [6, 6.07) is 20.4. The van der Waals surface area contributed by atoms with Gasteiger partial charge in [0, 0.05) is 11.5 Å². The van der Waals surface area contributed by atoms with Crippen LogP contribution in [0.3, 0.4) is 0 Å². The Morgan fingerprint density at radius 3 is 2.08 bits per heavy atom. The molecule has 1 N–H and O–H groups in total. The molecule has 1 fully saturated rings. The van der Waals surface area contributed by atoms with Crippen LogP contribution in [-0.2, 0) is 11.4 Å². The van der Waals surface area contributed by atoms with Crippen LogP contribution in [0.5, 0.6) is 11.5 Å². The second-order valence-electron chi connectivity index (χ2n) is 9.50. The summed E-state index contributed by atoms with van der Waals surface area (Å²) < 4.78 is 17.4. The summed E-state index contributed by atoms with van der Waals surface area (Å²) in [5.41, 5.74) is 2.78. The first-order valence-electron chi connectivity index (χ1n) is 11.9. The van der Waals surface area contributed by atoms with Gasteiger partial charge in [0.15, 0.2) is 5.60 Å². The van der Waals surface area contributed by atoms with Crippen LogP contribution in [0.15, 0.2) is 71.3 Å². The molecule has 190 valence electrons. The monoisotopic (exact) mass is 537 g/mol. The van der Waals surface area contributed by atoms with Crippen molar-refractivity contribution in [2.75, 3.05) is 0 Å². The molecule has 1 heterocycles. The summed E-state index contributed by atoms with van der Waals surface area (Å²) in [6.45, 7) is 3.30. The molecule has 0 bridgehead atoms. The average Bonchev–Trinajstić information content (AvgIpc) is 3.63. The van der Waals surface area contributed by atoms with E-state index in [-0.39, 0.29) is 6.61 Å². The number of aromatic nitrogens is 1. The Hall–Kier alpha value is -3.48. The van der Waals surface area contributed by atoms with Crippen LogP contribution in [0.4, 0.5) is 0 Å². The van der Waals surface area contributed by atoms with Gasteiger partial charge in [0.05, 0.1) is 15.6 Å². The molecule has 1 saturated carbocycles. The van der Waals surface area contributed by atoms with E-state index in [1.807, 2.05) is 36.4 Å². The Kier molecular flexibility index (Phi) is 6.88. The van der Waals surface area contributed by atoms with Gasteiger partial charge in [0.1, 0.15) is 29.6 Å². The molecular formula is C29H25Cl2NO5. The second-order valence-corrected chi connectivity index (χ2v) is 10.3. The minimum absolute atomic E-state index is 0.275. The molecule has 0 aliphatic heterocycles. The molecule has 6 nitrogen and oxygen atoms in total. The first-order valence-corrected chi connectivity index (χ1v) is 12.7. The number of nitrogens with zero attached hydrogens (tertiary/aromatic N) is 1. The molecule has 3 aromatic carbocycles. The summed E-state index contributed by atoms with van der Waals surface area (Å²) in [5.74, 6) is 1.34. The minimum atomic E-state index is -1.30. The van der Waals surface area contributed by atoms with Gasteiger partial charge in [-0.15, -0.1) is 0 Å². The lowest BCUT2D eigenvalue weighted by Crippen LogP contribution is -2.37. The van der Waals surface area contributed by atoms with Crippen LogP contribution in [-0.4, -0.2) is 21.8 Å². The third kappa shape index (κ3) is 5.45. The fourth-order valence-electron chi connectivity index (χ4n) is 4.00. The third-order valence-electron chi connectivity index (χ3n) is 6.28. The van der Waals surface area contributed by atoms with Gasteiger partial charge in [0.25, 0.3) is 0 Å². The Balaban J connectivity index is 1.31. The number of hydrogen-bond donors (Lipinski definition) is 1. The third-order valence-corrected chi connectivity index (χ3v) is 6.91. The maximum Gasteiger partial charge on any atom is 0.347 e. The standard InChI is InChI=1S/C29H25Cl2NO5/c1-29(2,28(33)34)36-21-14-10-18(11-15-21)17-8-12-20(13-9-17)35-16-22-26(32-37-27(22)19-6-7-19)25-23(30)4-3-5-24(25)31/h3-5,8-15,19H,6-7,16H2,1-2H3,(H,33,34). The summed E-state index contributed by atoms with van der Waals surface area (Å²) >= 11 is 12.9. The molecule has 0 saturated heterocycles. The van der Waals surface area contributed by atoms with Gasteiger partial charge < -0.3 is 19.1 Å². The van der Waals surface area contributed by atoms with Crippen LogP contribution < -0.4 is 9.47 Å². The molecule has 1 aliphatic rings. The SMILES string of the molecule is CC(C)(Oc1ccc(-c2ccc(OCc3c(-c4c(Cl)cccc4Cl)noc3C3CC3)cc2)cc1)C(=O)O. The number of ether oxygens (including phenoxy) is 2. The summed E-state index contributed by atoms with van der Waals surface area (Å²) in [7, 11) is 0. The zero-order chi connectivity index (χ0) is 26.2. The Bertz CT molecular complexity index is 1400. The lowest BCUT2D eigenvalue weighted by Gasteiger charge is -2.21. The van der Waals surface area contributed by atoms with E-state index >= 15 is 0 Å². The number of halogens is 2. The molecule has 37 heavy (non-hydrogen) atoms. The topological polar surface area (TPSA) is 81.8 Å². The number of benzene rings is 3. The molecule has 1 aliphatic carbocycles. The fourth-order valence-corrected chi connectivity index (χ4v) is 4.58. The van der Waals surface area contributed by atoms with E-state index in [0.29, 0.717) is 38.7 Å². The van der Waals surface area contributed by atoms with Crippen molar-refractivity contribution < 1.29 is 23.9 Å².